The fourth-order valence-corrected chi connectivity index (χ4v) is 6.46. The van der Waals surface area contributed by atoms with E-state index in [-0.39, 0.29) is 34.0 Å². The van der Waals surface area contributed by atoms with E-state index in [2.05, 4.69) is 0 Å². The Morgan fingerprint density at radius 3 is 2.35 bits per heavy atom. The Morgan fingerprint density at radius 2 is 1.62 bits per heavy atom. The van der Waals surface area contributed by atoms with E-state index in [1.54, 1.807) is 23.1 Å². The number of rotatable bonds is 6. The van der Waals surface area contributed by atoms with E-state index in [0.29, 0.717) is 51.4 Å². The summed E-state index contributed by atoms with van der Waals surface area (Å²) in [5.41, 5.74) is 2.69. The van der Waals surface area contributed by atoms with Crippen LogP contribution in [0.5, 0.6) is 5.75 Å². The summed E-state index contributed by atoms with van der Waals surface area (Å²) in [7, 11) is -3.74. The van der Waals surface area contributed by atoms with Crippen molar-refractivity contribution < 1.29 is 22.3 Å². The lowest BCUT2D eigenvalue weighted by Gasteiger charge is -2.36. The lowest BCUT2D eigenvalue weighted by Crippen LogP contribution is -2.50. The van der Waals surface area contributed by atoms with E-state index in [1.165, 1.54) is 28.6 Å². The second-order valence-corrected chi connectivity index (χ2v) is 11.4. The highest BCUT2D eigenvalue weighted by Crippen LogP contribution is 2.31. The number of halogens is 2. The van der Waals surface area contributed by atoms with Crippen LogP contribution in [0.15, 0.2) is 71.6 Å². The maximum Gasteiger partial charge on any atom is 0.260 e. The number of carbonyl (C=O) groups is 1. The van der Waals surface area contributed by atoms with Gasteiger partial charge in [0.2, 0.25) is 10.0 Å². The normalized spacial score (nSPS) is 16.4. The first-order chi connectivity index (χ1) is 17.8. The molecule has 1 fully saturated rings. The van der Waals surface area contributed by atoms with Crippen molar-refractivity contribution in [2.45, 2.75) is 17.9 Å². The van der Waals surface area contributed by atoms with Gasteiger partial charge in [-0.3, -0.25) is 4.79 Å². The number of ether oxygens (including phenoxy) is 1. The first-order valence-electron chi connectivity index (χ1n) is 12.1. The minimum Gasteiger partial charge on any atom is -0.482 e. The Balaban J connectivity index is 1.18. The van der Waals surface area contributed by atoms with Crippen molar-refractivity contribution in [3.05, 3.63) is 88.7 Å². The van der Waals surface area contributed by atoms with Gasteiger partial charge in [0.15, 0.2) is 6.61 Å². The molecule has 10 heteroatoms. The third kappa shape index (κ3) is 5.44. The summed E-state index contributed by atoms with van der Waals surface area (Å²) in [6, 6.07) is 18.7. The van der Waals surface area contributed by atoms with E-state index in [0.717, 1.165) is 11.1 Å². The van der Waals surface area contributed by atoms with Crippen LogP contribution in [0.4, 0.5) is 10.1 Å². The molecule has 0 saturated carbocycles. The van der Waals surface area contributed by atoms with Gasteiger partial charge in [-0.25, -0.2) is 12.8 Å². The average Bonchev–Trinajstić information content (AvgIpc) is 2.92. The molecule has 2 aliphatic heterocycles. The first kappa shape index (κ1) is 25.5. The van der Waals surface area contributed by atoms with E-state index in [9.17, 15) is 17.6 Å². The molecule has 194 valence electrons. The fraction of sp³-hybridized carbons (Fsp3) is 0.296. The molecule has 0 aliphatic carbocycles. The van der Waals surface area contributed by atoms with Crippen LogP contribution < -0.4 is 9.64 Å². The Hall–Kier alpha value is -3.14. The largest absolute Gasteiger partial charge is 0.482 e. The number of piperazine rings is 1. The third-order valence-corrected chi connectivity index (χ3v) is 8.95. The lowest BCUT2D eigenvalue weighted by atomic mass is 10.0. The predicted octanol–water partition coefficient (Wildman–Crippen LogP) is 3.95. The fourth-order valence-electron chi connectivity index (χ4n) is 4.72. The lowest BCUT2D eigenvalue weighted by molar-refractivity contribution is -0.133. The highest BCUT2D eigenvalue weighted by Gasteiger charge is 2.29. The van der Waals surface area contributed by atoms with Gasteiger partial charge in [0, 0.05) is 39.3 Å². The molecule has 1 amide bonds. The predicted molar refractivity (Wildman–Crippen MR) is 140 cm³/mol. The summed E-state index contributed by atoms with van der Waals surface area (Å²) in [6.45, 7) is 2.40. The summed E-state index contributed by atoms with van der Waals surface area (Å²) in [6.07, 6.45) is 0.654. The zero-order valence-corrected chi connectivity index (χ0v) is 21.7. The van der Waals surface area contributed by atoms with Crippen LogP contribution >= 0.6 is 11.6 Å². The van der Waals surface area contributed by atoms with Crippen LogP contribution in [0, 0.1) is 5.82 Å². The van der Waals surface area contributed by atoms with Crippen LogP contribution in [0.1, 0.15) is 11.1 Å². The van der Waals surface area contributed by atoms with Gasteiger partial charge in [-0.2, -0.15) is 4.31 Å². The quantitative estimate of drug-likeness (QED) is 0.471. The number of carbonyl (C=O) groups excluding carboxylic acids is 1. The van der Waals surface area contributed by atoms with Gasteiger partial charge in [-0.05, 0) is 47.9 Å². The van der Waals surface area contributed by atoms with Crippen molar-refractivity contribution in [3.63, 3.8) is 0 Å². The highest BCUT2D eigenvalue weighted by atomic mass is 35.5. The van der Waals surface area contributed by atoms with Gasteiger partial charge in [-0.15, -0.1) is 0 Å². The van der Waals surface area contributed by atoms with Crippen molar-refractivity contribution >= 4 is 33.2 Å². The van der Waals surface area contributed by atoms with Crippen LogP contribution in [0.25, 0.3) is 0 Å². The molecule has 7 nitrogen and oxygen atoms in total. The van der Waals surface area contributed by atoms with Gasteiger partial charge in [-0.1, -0.05) is 48.0 Å². The highest BCUT2D eigenvalue weighted by molar-refractivity contribution is 7.89. The van der Waals surface area contributed by atoms with Gasteiger partial charge in [0.25, 0.3) is 5.91 Å². The number of amides is 1. The number of anilines is 1. The van der Waals surface area contributed by atoms with E-state index >= 15 is 0 Å². The zero-order valence-electron chi connectivity index (χ0n) is 20.1. The van der Waals surface area contributed by atoms with Gasteiger partial charge < -0.3 is 14.5 Å². The smallest absolute Gasteiger partial charge is 0.260 e. The first-order valence-corrected chi connectivity index (χ1v) is 13.9. The number of fused-ring (bicyclic) bond motifs is 1. The van der Waals surface area contributed by atoms with E-state index in [4.69, 9.17) is 16.3 Å². The molecule has 3 aromatic carbocycles. The van der Waals surface area contributed by atoms with Crippen molar-refractivity contribution in [3.8, 4) is 5.75 Å². The van der Waals surface area contributed by atoms with Crippen molar-refractivity contribution in [1.29, 1.82) is 0 Å². The maximum atomic E-state index is 14.0. The molecule has 0 spiro atoms. The number of nitrogens with zero attached hydrogens (tertiary/aromatic N) is 3. The Morgan fingerprint density at radius 1 is 0.919 bits per heavy atom. The Labute approximate surface area is 221 Å². The molecule has 0 radical (unpaired) electrons. The van der Waals surface area contributed by atoms with Gasteiger partial charge in [0.05, 0.1) is 15.6 Å². The molecule has 2 heterocycles. The molecule has 37 heavy (non-hydrogen) atoms. The molecule has 0 aromatic heterocycles. The minimum atomic E-state index is -3.74. The van der Waals surface area contributed by atoms with Crippen molar-refractivity contribution in [2.75, 3.05) is 44.2 Å². The summed E-state index contributed by atoms with van der Waals surface area (Å²) >= 11 is 6.35. The van der Waals surface area contributed by atoms with Crippen molar-refractivity contribution in [1.82, 2.24) is 9.21 Å². The molecule has 2 aliphatic rings. The Bertz CT molecular complexity index is 1410. The second kappa shape index (κ2) is 10.7. The number of hydrogen-bond donors (Lipinski definition) is 0. The summed E-state index contributed by atoms with van der Waals surface area (Å²) in [5, 5.41) is 0.121. The molecule has 1 saturated heterocycles. The minimum absolute atomic E-state index is 0.0832. The molecule has 5 rings (SSSR count). The number of hydrogen-bond acceptors (Lipinski definition) is 5. The number of sulfonamides is 1. The topological polar surface area (TPSA) is 70.2 Å². The molecule has 0 unspecified atom stereocenters. The zero-order chi connectivity index (χ0) is 26.0. The van der Waals surface area contributed by atoms with Gasteiger partial charge >= 0.3 is 0 Å². The van der Waals surface area contributed by atoms with Crippen LogP contribution in [-0.2, 0) is 27.8 Å². The summed E-state index contributed by atoms with van der Waals surface area (Å²) < 4.78 is 47.6. The maximum absolute atomic E-state index is 14.0. The summed E-state index contributed by atoms with van der Waals surface area (Å²) in [4.78, 5) is 16.4. The monoisotopic (exact) mass is 543 g/mol. The van der Waals surface area contributed by atoms with E-state index < -0.39 is 10.0 Å². The third-order valence-electron chi connectivity index (χ3n) is 6.81. The van der Waals surface area contributed by atoms with Crippen LogP contribution in [-0.4, -0.2) is 62.9 Å². The van der Waals surface area contributed by atoms with E-state index in [1.807, 2.05) is 29.2 Å². The Kier molecular flexibility index (Phi) is 7.37. The SMILES string of the molecule is O=C(COc1ccc(S(=O)(=O)N2CCc3ccccc3C2)cc1Cl)N1CCN(c2ccccc2F)CC1. The van der Waals surface area contributed by atoms with Crippen LogP contribution in [0.2, 0.25) is 5.02 Å². The number of para-hydroxylation sites is 1. The molecule has 0 bridgehead atoms. The molecule has 0 N–H and O–H groups in total. The second-order valence-electron chi connectivity index (χ2n) is 9.06. The summed E-state index contributed by atoms with van der Waals surface area (Å²) in [5.74, 6) is -0.258. The van der Waals surface area contributed by atoms with Crippen molar-refractivity contribution in [2.24, 2.45) is 0 Å². The molecular formula is C27H27ClFN3O4S. The molecule has 0 atom stereocenters. The standard InChI is InChI=1S/C27H27ClFN3O4S/c28-23-17-22(37(34,35)32-12-11-20-5-1-2-6-21(20)18-32)9-10-26(23)36-19-27(33)31-15-13-30(14-16-31)25-8-4-3-7-24(25)29/h1-10,17H,11-16,18-19H2. The van der Waals surface area contributed by atoms with Gasteiger partial charge in [0.1, 0.15) is 11.6 Å². The molecule has 3 aromatic rings. The molecular weight excluding hydrogens is 517 g/mol. The van der Waals surface area contributed by atoms with Crippen LogP contribution in [0.3, 0.4) is 0 Å². The number of benzene rings is 3. The average molecular weight is 544 g/mol.